The maximum Gasteiger partial charge on any atom is 0.416 e. The maximum atomic E-state index is 12.9. The van der Waals surface area contributed by atoms with Crippen molar-refractivity contribution in [2.75, 3.05) is 0 Å². The molecule has 0 fully saturated rings. The van der Waals surface area contributed by atoms with Crippen LogP contribution in [0.3, 0.4) is 0 Å². The van der Waals surface area contributed by atoms with E-state index in [1.165, 1.54) is 29.5 Å². The van der Waals surface area contributed by atoms with Crippen LogP contribution in [-0.2, 0) is 25.1 Å². The fourth-order valence-corrected chi connectivity index (χ4v) is 3.75. The van der Waals surface area contributed by atoms with E-state index in [1.54, 1.807) is 6.07 Å². The molecule has 0 radical (unpaired) electrons. The zero-order chi connectivity index (χ0) is 21.0. The summed E-state index contributed by atoms with van der Waals surface area (Å²) in [6.45, 7) is 6.95. The number of aryl methyl sites for hydroxylation is 2. The summed E-state index contributed by atoms with van der Waals surface area (Å²) < 4.78 is 46.4. The highest BCUT2D eigenvalue weighted by molar-refractivity contribution is 7.98. The van der Waals surface area contributed by atoms with E-state index in [9.17, 15) is 13.2 Å². The molecule has 2 aromatic carbocycles. The molecule has 154 valence electrons. The first-order valence-electron chi connectivity index (χ1n) is 9.19. The number of halogens is 3. The summed E-state index contributed by atoms with van der Waals surface area (Å²) >= 11 is 1.36. The van der Waals surface area contributed by atoms with Crippen LogP contribution in [0.2, 0.25) is 0 Å². The smallest absolute Gasteiger partial charge is 0.416 e. The van der Waals surface area contributed by atoms with Gasteiger partial charge in [0.25, 0.3) is 0 Å². The Kier molecular flexibility index (Phi) is 6.52. The van der Waals surface area contributed by atoms with Crippen LogP contribution >= 0.6 is 11.8 Å². The number of hydrogen-bond acceptors (Lipinski definition) is 4. The largest absolute Gasteiger partial charge is 0.486 e. The molecule has 0 aliphatic carbocycles. The lowest BCUT2D eigenvalue weighted by molar-refractivity contribution is -0.137. The van der Waals surface area contributed by atoms with E-state index in [4.69, 9.17) is 4.74 Å². The van der Waals surface area contributed by atoms with Crippen molar-refractivity contribution >= 4 is 11.8 Å². The third-order valence-corrected chi connectivity index (χ3v) is 5.62. The number of benzene rings is 2. The van der Waals surface area contributed by atoms with Gasteiger partial charge in [-0.25, -0.2) is 0 Å². The zero-order valence-electron chi connectivity index (χ0n) is 16.5. The van der Waals surface area contributed by atoms with Crippen molar-refractivity contribution in [2.45, 2.75) is 51.0 Å². The average Bonchev–Trinajstić information content (AvgIpc) is 3.08. The van der Waals surface area contributed by atoms with E-state index >= 15 is 0 Å². The van der Waals surface area contributed by atoms with Crippen LogP contribution < -0.4 is 4.74 Å². The molecular weight excluding hydrogens is 399 g/mol. The molecule has 8 heteroatoms. The highest BCUT2D eigenvalue weighted by Gasteiger charge is 2.30. The molecule has 3 aromatic rings. The molecule has 29 heavy (non-hydrogen) atoms. The number of rotatable bonds is 7. The standard InChI is InChI=1S/C21H22F3N3OS/c1-4-27-19(12-28-18-9-8-14(2)15(3)10-18)25-26-20(27)29-13-16-6-5-7-17(11-16)21(22,23)24/h5-11H,4,12-13H2,1-3H3. The molecule has 4 nitrogen and oxygen atoms in total. The van der Waals surface area contributed by atoms with Gasteiger partial charge in [-0.2, -0.15) is 13.2 Å². The van der Waals surface area contributed by atoms with Crippen molar-refractivity contribution < 1.29 is 17.9 Å². The lowest BCUT2D eigenvalue weighted by Gasteiger charge is -2.11. The summed E-state index contributed by atoms with van der Waals surface area (Å²) in [7, 11) is 0. The Bertz CT molecular complexity index is 986. The van der Waals surface area contributed by atoms with Crippen molar-refractivity contribution in [1.82, 2.24) is 14.8 Å². The van der Waals surface area contributed by atoms with Crippen LogP contribution in [0.1, 0.15) is 35.0 Å². The zero-order valence-corrected chi connectivity index (χ0v) is 17.3. The van der Waals surface area contributed by atoms with Crippen LogP contribution in [0.25, 0.3) is 0 Å². The lowest BCUT2D eigenvalue weighted by Crippen LogP contribution is -2.07. The van der Waals surface area contributed by atoms with Crippen LogP contribution in [0.15, 0.2) is 47.6 Å². The molecule has 0 saturated heterocycles. The Hall–Kier alpha value is -2.48. The molecule has 0 bridgehead atoms. The molecule has 3 rings (SSSR count). The fraction of sp³-hybridized carbons (Fsp3) is 0.333. The summed E-state index contributed by atoms with van der Waals surface area (Å²) in [5.74, 6) is 1.81. The van der Waals surface area contributed by atoms with Crippen LogP contribution in [0, 0.1) is 13.8 Å². The van der Waals surface area contributed by atoms with Crippen molar-refractivity contribution in [3.8, 4) is 5.75 Å². The second kappa shape index (κ2) is 8.90. The van der Waals surface area contributed by atoms with Crippen molar-refractivity contribution in [2.24, 2.45) is 0 Å². The molecule has 0 unspecified atom stereocenters. The molecule has 0 amide bonds. The van der Waals surface area contributed by atoms with Gasteiger partial charge in [0.2, 0.25) is 0 Å². The second-order valence-electron chi connectivity index (χ2n) is 6.66. The molecular formula is C21H22F3N3OS. The topological polar surface area (TPSA) is 39.9 Å². The van der Waals surface area contributed by atoms with Gasteiger partial charge in [-0.1, -0.05) is 36.0 Å². The first kappa shape index (κ1) is 21.2. The lowest BCUT2D eigenvalue weighted by atomic mass is 10.1. The Morgan fingerprint density at radius 2 is 1.83 bits per heavy atom. The van der Waals surface area contributed by atoms with Gasteiger partial charge in [0.1, 0.15) is 12.4 Å². The van der Waals surface area contributed by atoms with E-state index < -0.39 is 11.7 Å². The van der Waals surface area contributed by atoms with E-state index in [-0.39, 0.29) is 6.61 Å². The molecule has 0 aliphatic heterocycles. The number of nitrogens with zero attached hydrogens (tertiary/aromatic N) is 3. The minimum Gasteiger partial charge on any atom is -0.486 e. The molecule has 0 saturated carbocycles. The monoisotopic (exact) mass is 421 g/mol. The molecule has 1 heterocycles. The van der Waals surface area contributed by atoms with E-state index in [1.807, 2.05) is 43.5 Å². The van der Waals surface area contributed by atoms with Gasteiger partial charge in [0, 0.05) is 12.3 Å². The average molecular weight is 421 g/mol. The number of aromatic nitrogens is 3. The Morgan fingerprint density at radius 1 is 1.03 bits per heavy atom. The third-order valence-electron chi connectivity index (χ3n) is 4.58. The van der Waals surface area contributed by atoms with Gasteiger partial charge in [-0.3, -0.25) is 0 Å². The number of ether oxygens (including phenoxy) is 1. The molecule has 1 aromatic heterocycles. The Labute approximate surface area is 172 Å². The first-order valence-corrected chi connectivity index (χ1v) is 10.2. The molecule has 0 atom stereocenters. The van der Waals surface area contributed by atoms with Crippen molar-refractivity contribution in [1.29, 1.82) is 0 Å². The summed E-state index contributed by atoms with van der Waals surface area (Å²) in [6.07, 6.45) is -4.34. The number of hydrogen-bond donors (Lipinski definition) is 0. The van der Waals surface area contributed by atoms with Gasteiger partial charge in [-0.05, 0) is 55.7 Å². The quantitative estimate of drug-likeness (QED) is 0.452. The van der Waals surface area contributed by atoms with Gasteiger partial charge >= 0.3 is 6.18 Å². The first-order chi connectivity index (χ1) is 13.8. The van der Waals surface area contributed by atoms with Gasteiger partial charge in [-0.15, -0.1) is 10.2 Å². The third kappa shape index (κ3) is 5.32. The summed E-state index contributed by atoms with van der Waals surface area (Å²) in [4.78, 5) is 0. The summed E-state index contributed by atoms with van der Waals surface area (Å²) in [6, 6.07) is 11.2. The van der Waals surface area contributed by atoms with E-state index in [0.717, 1.165) is 17.4 Å². The molecule has 0 N–H and O–H groups in total. The SMILES string of the molecule is CCn1c(COc2ccc(C)c(C)c2)nnc1SCc1cccc(C(F)(F)F)c1. The fourth-order valence-electron chi connectivity index (χ4n) is 2.79. The maximum absolute atomic E-state index is 12.9. The van der Waals surface area contributed by atoms with Crippen molar-refractivity contribution in [3.05, 3.63) is 70.5 Å². The minimum atomic E-state index is -4.34. The normalized spacial score (nSPS) is 11.7. The highest BCUT2D eigenvalue weighted by atomic mass is 32.2. The minimum absolute atomic E-state index is 0.271. The number of alkyl halides is 3. The summed E-state index contributed by atoms with van der Waals surface area (Å²) in [5.41, 5.74) is 2.29. The van der Waals surface area contributed by atoms with Gasteiger partial charge in [0.15, 0.2) is 11.0 Å². The van der Waals surface area contributed by atoms with E-state index in [0.29, 0.717) is 28.8 Å². The van der Waals surface area contributed by atoms with E-state index in [2.05, 4.69) is 10.2 Å². The van der Waals surface area contributed by atoms with Crippen LogP contribution in [0.4, 0.5) is 13.2 Å². The summed E-state index contributed by atoms with van der Waals surface area (Å²) in [5, 5.41) is 9.05. The van der Waals surface area contributed by atoms with Crippen LogP contribution in [0.5, 0.6) is 5.75 Å². The molecule has 0 aliphatic rings. The highest BCUT2D eigenvalue weighted by Crippen LogP contribution is 2.31. The predicted octanol–water partition coefficient (Wildman–Crippen LogP) is 5.80. The molecule has 0 spiro atoms. The Morgan fingerprint density at radius 3 is 2.52 bits per heavy atom. The predicted molar refractivity (Wildman–Crippen MR) is 107 cm³/mol. The van der Waals surface area contributed by atoms with Crippen molar-refractivity contribution in [3.63, 3.8) is 0 Å². The second-order valence-corrected chi connectivity index (χ2v) is 7.61. The Balaban J connectivity index is 1.67. The van der Waals surface area contributed by atoms with Gasteiger partial charge in [0.05, 0.1) is 5.56 Å². The van der Waals surface area contributed by atoms with Crippen LogP contribution in [-0.4, -0.2) is 14.8 Å². The number of thioether (sulfide) groups is 1. The van der Waals surface area contributed by atoms with Gasteiger partial charge < -0.3 is 9.30 Å².